The van der Waals surface area contributed by atoms with Gasteiger partial charge in [0, 0.05) is 49.7 Å². The van der Waals surface area contributed by atoms with Gasteiger partial charge >= 0.3 is 31.6 Å². The number of nitrogens with zero attached hydrogens (tertiary/aromatic N) is 1. The number of rotatable bonds is 36. The summed E-state index contributed by atoms with van der Waals surface area (Å²) in [6.45, 7) is 1.24. The van der Waals surface area contributed by atoms with Gasteiger partial charge in [-0.1, -0.05) is 42.2 Å². The molecule has 2 aromatic carbocycles. The van der Waals surface area contributed by atoms with Crippen LogP contribution >= 0.6 is 7.75 Å². The maximum absolute atomic E-state index is 13.3. The number of ketones is 1. The van der Waals surface area contributed by atoms with E-state index in [0.29, 0.717) is 12.2 Å². The Bertz CT molecular complexity index is 2180. The molecular formula is C45H59N4O19P. The minimum absolute atomic E-state index is 0.0557. The third-order valence-corrected chi connectivity index (χ3v) is 11.2. The lowest BCUT2D eigenvalue weighted by atomic mass is 10.0. The van der Waals surface area contributed by atoms with Gasteiger partial charge in [0.1, 0.15) is 23.9 Å². The lowest BCUT2D eigenvalue weighted by Crippen LogP contribution is -2.44. The van der Waals surface area contributed by atoms with E-state index in [2.05, 4.69) is 22.5 Å². The van der Waals surface area contributed by atoms with Crippen molar-refractivity contribution < 1.29 is 91.7 Å². The summed E-state index contributed by atoms with van der Waals surface area (Å²) in [5, 5.41) is 43.1. The van der Waals surface area contributed by atoms with E-state index in [1.54, 1.807) is 4.90 Å². The van der Waals surface area contributed by atoms with Crippen LogP contribution in [0.15, 0.2) is 48.5 Å². The van der Waals surface area contributed by atoms with Crippen molar-refractivity contribution in [2.45, 2.75) is 88.9 Å². The Balaban J connectivity index is 1.18. The second kappa shape index (κ2) is 31.1. The Labute approximate surface area is 397 Å². The number of carbonyl (C=O) groups excluding carboxylic acids is 4. The van der Waals surface area contributed by atoms with Crippen LogP contribution in [0.5, 0.6) is 0 Å². The van der Waals surface area contributed by atoms with Crippen molar-refractivity contribution in [3.63, 3.8) is 0 Å². The van der Waals surface area contributed by atoms with Gasteiger partial charge in [-0.15, -0.1) is 0 Å². The fourth-order valence-corrected chi connectivity index (χ4v) is 7.46. The molecule has 378 valence electrons. The van der Waals surface area contributed by atoms with E-state index in [4.69, 9.17) is 33.7 Å². The number of aliphatic carboxylic acids is 4. The first-order valence-corrected chi connectivity index (χ1v) is 23.6. The fourth-order valence-electron chi connectivity index (χ4n) is 6.37. The zero-order valence-corrected chi connectivity index (χ0v) is 38.7. The maximum atomic E-state index is 13.3. The van der Waals surface area contributed by atoms with Crippen LogP contribution in [0.4, 0.5) is 5.69 Å². The maximum Gasteiger partial charge on any atom is 0.403 e. The SMILES string of the molecule is O=C(O)CC[C@H](NP(=O)(O)OCCC[C@@H](NC(=O)CC[C@H](NC(=O)CCOCCOCCOCCOCCC(=O)CCC(=O)N1Cc2ccccc2C#Cc2ccccc21)C(=O)O)C(=O)O)C(=O)O. The lowest BCUT2D eigenvalue weighted by Gasteiger charge is -2.26. The molecule has 3 amide bonds. The minimum atomic E-state index is -4.74. The normalized spacial score (nSPS) is 13.9. The van der Waals surface area contributed by atoms with Crippen molar-refractivity contribution in [2.75, 3.05) is 64.4 Å². The van der Waals surface area contributed by atoms with Crippen LogP contribution in [0.1, 0.15) is 80.9 Å². The summed E-state index contributed by atoms with van der Waals surface area (Å²) in [4.78, 5) is 108. The van der Waals surface area contributed by atoms with E-state index in [9.17, 15) is 58.0 Å². The van der Waals surface area contributed by atoms with Crippen molar-refractivity contribution in [1.82, 2.24) is 15.7 Å². The van der Waals surface area contributed by atoms with E-state index < -0.39 is 87.4 Å². The molecule has 1 unspecified atom stereocenters. The van der Waals surface area contributed by atoms with Gasteiger partial charge in [-0.2, -0.15) is 0 Å². The number of hydrogen-bond donors (Lipinski definition) is 8. The molecule has 0 bridgehead atoms. The first-order chi connectivity index (χ1) is 33.0. The molecule has 24 heteroatoms. The van der Waals surface area contributed by atoms with Crippen molar-refractivity contribution in [3.8, 4) is 11.8 Å². The molecule has 0 saturated carbocycles. The molecule has 0 radical (unpaired) electrons. The topological polar surface area (TPSA) is 340 Å². The number of nitrogens with one attached hydrogen (secondary N) is 3. The Morgan fingerprint density at radius 3 is 1.70 bits per heavy atom. The number of ether oxygens (including phenoxy) is 4. The van der Waals surface area contributed by atoms with Crippen LogP contribution in [0, 0.1) is 11.8 Å². The zero-order chi connectivity index (χ0) is 50.6. The molecule has 8 N–H and O–H groups in total. The summed E-state index contributed by atoms with van der Waals surface area (Å²) in [5.41, 5.74) is 3.24. The van der Waals surface area contributed by atoms with Crippen molar-refractivity contribution >= 4 is 60.8 Å². The van der Waals surface area contributed by atoms with Gasteiger partial charge in [-0.3, -0.25) is 33.3 Å². The third kappa shape index (κ3) is 23.2. The Hall–Kier alpha value is -6.09. The van der Waals surface area contributed by atoms with E-state index >= 15 is 0 Å². The summed E-state index contributed by atoms with van der Waals surface area (Å²) >= 11 is 0. The molecule has 0 aliphatic carbocycles. The highest BCUT2D eigenvalue weighted by Crippen LogP contribution is 2.38. The molecule has 1 aliphatic heterocycles. The summed E-state index contributed by atoms with van der Waals surface area (Å²) < 4.78 is 38.7. The highest BCUT2D eigenvalue weighted by molar-refractivity contribution is 7.50. The second-order valence-corrected chi connectivity index (χ2v) is 16.9. The van der Waals surface area contributed by atoms with Crippen LogP contribution in [0.25, 0.3) is 0 Å². The van der Waals surface area contributed by atoms with Crippen LogP contribution in [0.2, 0.25) is 0 Å². The Kier molecular flexibility index (Phi) is 25.8. The average molecular weight is 991 g/mol. The molecule has 0 aromatic heterocycles. The number of anilines is 1. The van der Waals surface area contributed by atoms with E-state index in [-0.39, 0.29) is 109 Å². The predicted molar refractivity (Wildman–Crippen MR) is 242 cm³/mol. The van der Waals surface area contributed by atoms with E-state index in [1.165, 1.54) is 0 Å². The quantitative estimate of drug-likeness (QED) is 0.0274. The third-order valence-electron chi connectivity index (χ3n) is 10.0. The molecule has 69 heavy (non-hydrogen) atoms. The smallest absolute Gasteiger partial charge is 0.403 e. The van der Waals surface area contributed by atoms with Crippen molar-refractivity contribution in [3.05, 3.63) is 65.2 Å². The molecular weight excluding hydrogens is 931 g/mol. The molecule has 2 aromatic rings. The van der Waals surface area contributed by atoms with Gasteiger partial charge in [0.25, 0.3) is 0 Å². The van der Waals surface area contributed by atoms with Crippen LogP contribution < -0.4 is 20.6 Å². The van der Waals surface area contributed by atoms with Crippen LogP contribution in [-0.4, -0.2) is 150 Å². The zero-order valence-electron chi connectivity index (χ0n) is 37.8. The van der Waals surface area contributed by atoms with Gasteiger partial charge < -0.3 is 59.8 Å². The van der Waals surface area contributed by atoms with E-state index in [1.807, 2.05) is 53.6 Å². The largest absolute Gasteiger partial charge is 0.481 e. The number of amides is 3. The molecule has 4 atom stereocenters. The number of hydrogen-bond acceptors (Lipinski definition) is 14. The number of benzene rings is 2. The number of carbonyl (C=O) groups is 8. The van der Waals surface area contributed by atoms with Gasteiger partial charge in [0.2, 0.25) is 17.7 Å². The van der Waals surface area contributed by atoms with E-state index in [0.717, 1.165) is 16.7 Å². The summed E-state index contributed by atoms with van der Waals surface area (Å²) in [6.07, 6.45) is -2.42. The molecule has 0 spiro atoms. The molecule has 1 heterocycles. The summed E-state index contributed by atoms with van der Waals surface area (Å²) in [6, 6.07) is 10.4. The van der Waals surface area contributed by atoms with Gasteiger partial charge in [-0.05, 0) is 49.4 Å². The molecule has 0 fully saturated rings. The van der Waals surface area contributed by atoms with Crippen molar-refractivity contribution in [2.24, 2.45) is 0 Å². The minimum Gasteiger partial charge on any atom is -0.481 e. The highest BCUT2D eigenvalue weighted by atomic mass is 31.2. The standard InChI is InChI=1S/C45H59N4O19P/c50-34(13-17-41(53)49-30-33-8-2-1-6-31(33)11-12-32-7-3-4-10-38(32)49)19-22-64-24-26-66-28-29-67-27-25-65-23-20-40(52)47-36(44(58)59)14-16-39(51)46-35(43(56)57)9-5-21-68-69(62,63)48-37(45(60)61)15-18-42(54)55/h1-4,6-8,10,35-37H,5,9,13-30H2,(H,46,51)(H,47,52)(H,54,55)(H,56,57)(H,58,59)(H,60,61)(H2,48,62,63)/t35-,36+,37+/m1/s1. The molecule has 0 saturated heterocycles. The molecule has 3 rings (SSSR count). The monoisotopic (exact) mass is 990 g/mol. The van der Waals surface area contributed by atoms with Gasteiger partial charge in [0.15, 0.2) is 0 Å². The number of para-hydroxylation sites is 1. The second-order valence-electron chi connectivity index (χ2n) is 15.3. The lowest BCUT2D eigenvalue weighted by molar-refractivity contribution is -0.143. The van der Waals surface area contributed by atoms with Gasteiger partial charge in [0.05, 0.1) is 71.7 Å². The first kappa shape index (κ1) is 57.2. The number of carboxylic acids is 4. The Morgan fingerprint density at radius 1 is 0.580 bits per heavy atom. The molecule has 1 aliphatic rings. The number of Topliss-reactive ketones (excluding diaryl/α,β-unsaturated/α-hetero) is 1. The number of carboxylic acid groups (broad SMARTS) is 4. The van der Waals surface area contributed by atoms with Gasteiger partial charge in [-0.25, -0.2) is 19.2 Å². The average Bonchev–Trinajstić information content (AvgIpc) is 3.29. The molecule has 23 nitrogen and oxygen atoms in total. The fraction of sp³-hybridized carbons (Fsp3) is 0.511. The first-order valence-electron chi connectivity index (χ1n) is 22.0. The number of fused-ring (bicyclic) bond motifs is 2. The van der Waals surface area contributed by atoms with Crippen molar-refractivity contribution in [1.29, 1.82) is 0 Å². The summed E-state index contributed by atoms with van der Waals surface area (Å²) in [5.74, 6) is -1.29. The van der Waals surface area contributed by atoms with Crippen LogP contribution in [-0.2, 0) is 72.9 Å². The highest BCUT2D eigenvalue weighted by Gasteiger charge is 2.30. The van der Waals surface area contributed by atoms with Crippen LogP contribution in [0.3, 0.4) is 0 Å². The summed E-state index contributed by atoms with van der Waals surface area (Å²) in [7, 11) is -4.74. The Morgan fingerprint density at radius 2 is 1.09 bits per heavy atom. The predicted octanol–water partition coefficient (Wildman–Crippen LogP) is 1.85.